The zero-order valence-corrected chi connectivity index (χ0v) is 23.0. The fourth-order valence-electron chi connectivity index (χ4n) is 5.21. The quantitative estimate of drug-likeness (QED) is 0.334. The second-order valence-corrected chi connectivity index (χ2v) is 12.4. The third-order valence-corrected chi connectivity index (χ3v) is 8.35. The lowest BCUT2D eigenvalue weighted by atomic mass is 9.73. The van der Waals surface area contributed by atoms with Gasteiger partial charge in [0.1, 0.15) is 0 Å². The Balaban J connectivity index is 1.41. The minimum atomic E-state index is -4.95. The van der Waals surface area contributed by atoms with E-state index < -0.39 is 40.9 Å². The van der Waals surface area contributed by atoms with Crippen molar-refractivity contribution < 1.29 is 35.9 Å². The number of amides is 2. The van der Waals surface area contributed by atoms with Gasteiger partial charge in [0.15, 0.2) is 5.13 Å². The molecule has 1 aliphatic heterocycles. The van der Waals surface area contributed by atoms with E-state index in [1.165, 1.54) is 11.3 Å². The highest BCUT2D eigenvalue weighted by Gasteiger charge is 2.46. The summed E-state index contributed by atoms with van der Waals surface area (Å²) in [4.78, 5) is 32.5. The molecule has 0 atom stereocenters. The maximum atomic E-state index is 13.5. The summed E-state index contributed by atoms with van der Waals surface area (Å²) in [6.07, 6.45) is -4.74. The fourth-order valence-corrected chi connectivity index (χ4v) is 5.74. The van der Waals surface area contributed by atoms with E-state index in [-0.39, 0.29) is 23.4 Å². The van der Waals surface area contributed by atoms with Gasteiger partial charge in [-0.3, -0.25) is 9.59 Å². The van der Waals surface area contributed by atoms with E-state index in [9.17, 15) is 35.9 Å². The molecule has 2 aliphatic rings. The number of nitrogens with one attached hydrogen (secondary N) is 2. The van der Waals surface area contributed by atoms with Crippen molar-refractivity contribution in [3.63, 3.8) is 0 Å². The van der Waals surface area contributed by atoms with Crippen molar-refractivity contribution >= 4 is 28.3 Å². The van der Waals surface area contributed by atoms with Crippen molar-refractivity contribution in [1.82, 2.24) is 15.2 Å². The van der Waals surface area contributed by atoms with Crippen LogP contribution in [0.25, 0.3) is 0 Å². The normalized spacial score (nSPS) is 18.4. The molecule has 1 saturated carbocycles. The summed E-state index contributed by atoms with van der Waals surface area (Å²) < 4.78 is 79.5. The van der Waals surface area contributed by atoms with Gasteiger partial charge < -0.3 is 15.5 Å². The van der Waals surface area contributed by atoms with Crippen LogP contribution in [0.1, 0.15) is 62.6 Å². The van der Waals surface area contributed by atoms with Crippen LogP contribution in [0.15, 0.2) is 29.8 Å². The Hall–Kier alpha value is -2.67. The van der Waals surface area contributed by atoms with Crippen LogP contribution in [0.3, 0.4) is 0 Å². The first kappa shape index (κ1) is 30.3. The SMILES string of the molecule is CC(C)(CN1CCC(CC2CC2)(C(=O)NCc2cc(C(F)(F)F)cc(C(F)(F)F)c2)CC1)C(=O)Nc1nccs1. The molecule has 13 heteroatoms. The number of hydrogen-bond acceptors (Lipinski definition) is 5. The van der Waals surface area contributed by atoms with Gasteiger partial charge in [-0.15, -0.1) is 11.3 Å². The smallest absolute Gasteiger partial charge is 0.352 e. The average molecular weight is 591 g/mol. The first-order valence-electron chi connectivity index (χ1n) is 13.1. The molecular formula is C27H32F6N4O2S. The van der Waals surface area contributed by atoms with Crippen LogP contribution < -0.4 is 10.6 Å². The summed E-state index contributed by atoms with van der Waals surface area (Å²) in [6, 6.07) is 1.36. The van der Waals surface area contributed by atoms with Gasteiger partial charge in [0.05, 0.1) is 22.0 Å². The van der Waals surface area contributed by atoms with Gasteiger partial charge in [0.25, 0.3) is 0 Å². The van der Waals surface area contributed by atoms with E-state index in [1.54, 1.807) is 11.6 Å². The number of hydrogen-bond donors (Lipinski definition) is 2. The first-order valence-corrected chi connectivity index (χ1v) is 14.0. The number of carbonyl (C=O) groups is 2. The van der Waals surface area contributed by atoms with Crippen LogP contribution >= 0.6 is 11.3 Å². The van der Waals surface area contributed by atoms with E-state index in [1.807, 2.05) is 13.8 Å². The summed E-state index contributed by atoms with van der Waals surface area (Å²) in [6.45, 7) is 4.76. The molecule has 40 heavy (non-hydrogen) atoms. The molecule has 2 fully saturated rings. The maximum absolute atomic E-state index is 13.5. The second-order valence-electron chi connectivity index (χ2n) is 11.5. The lowest BCUT2D eigenvalue weighted by Crippen LogP contribution is -2.51. The van der Waals surface area contributed by atoms with Crippen LogP contribution in [0.4, 0.5) is 31.5 Å². The number of piperidine rings is 1. The van der Waals surface area contributed by atoms with Gasteiger partial charge in [0, 0.05) is 24.7 Å². The van der Waals surface area contributed by atoms with Crippen molar-refractivity contribution in [2.75, 3.05) is 25.0 Å². The molecule has 0 radical (unpaired) electrons. The highest BCUT2D eigenvalue weighted by atomic mass is 32.1. The van der Waals surface area contributed by atoms with Gasteiger partial charge in [-0.2, -0.15) is 26.3 Å². The number of rotatable bonds is 9. The van der Waals surface area contributed by atoms with Crippen molar-refractivity contribution in [1.29, 1.82) is 0 Å². The molecule has 1 saturated heterocycles. The standard InChI is InChI=1S/C27H32F6N4O2S/c1-24(2,21(38)36-23-34-7-10-40-23)16-37-8-5-25(6-9-37,14-17-3-4-17)22(39)35-15-18-11-19(26(28,29)30)13-20(12-18)27(31,32)33/h7,10-13,17H,3-6,8-9,14-16H2,1-2H3,(H,35,39)(H,34,36,38). The van der Waals surface area contributed by atoms with Gasteiger partial charge >= 0.3 is 12.4 Å². The Bertz CT molecular complexity index is 1170. The van der Waals surface area contributed by atoms with Gasteiger partial charge in [-0.25, -0.2) is 4.98 Å². The summed E-state index contributed by atoms with van der Waals surface area (Å²) in [5.74, 6) is -0.150. The summed E-state index contributed by atoms with van der Waals surface area (Å²) >= 11 is 1.32. The van der Waals surface area contributed by atoms with E-state index in [0.717, 1.165) is 12.8 Å². The number of halogens is 6. The number of alkyl halides is 6. The Kier molecular flexibility index (Phi) is 8.56. The van der Waals surface area contributed by atoms with Crippen LogP contribution in [-0.4, -0.2) is 41.3 Å². The highest BCUT2D eigenvalue weighted by molar-refractivity contribution is 7.13. The topological polar surface area (TPSA) is 74.3 Å². The number of nitrogens with zero attached hydrogens (tertiary/aromatic N) is 2. The molecule has 0 unspecified atom stereocenters. The Morgan fingerprint density at radius 2 is 1.62 bits per heavy atom. The van der Waals surface area contributed by atoms with Gasteiger partial charge in [-0.05, 0) is 75.9 Å². The second kappa shape index (κ2) is 11.3. The number of aromatic nitrogens is 1. The van der Waals surface area contributed by atoms with E-state index in [2.05, 4.69) is 20.5 Å². The van der Waals surface area contributed by atoms with Crippen molar-refractivity contribution in [2.45, 2.75) is 64.8 Å². The zero-order valence-electron chi connectivity index (χ0n) is 22.2. The van der Waals surface area contributed by atoms with Crippen molar-refractivity contribution in [3.8, 4) is 0 Å². The van der Waals surface area contributed by atoms with Gasteiger partial charge in [-0.1, -0.05) is 12.8 Å². The molecule has 0 spiro atoms. The first-order chi connectivity index (χ1) is 18.6. The van der Waals surface area contributed by atoms with Crippen LogP contribution in [0, 0.1) is 16.7 Å². The maximum Gasteiger partial charge on any atom is 0.416 e. The average Bonchev–Trinajstić information content (AvgIpc) is 3.53. The zero-order chi connectivity index (χ0) is 29.3. The van der Waals surface area contributed by atoms with E-state index >= 15 is 0 Å². The predicted octanol–water partition coefficient (Wildman–Crippen LogP) is 6.34. The van der Waals surface area contributed by atoms with Gasteiger partial charge in [0.2, 0.25) is 11.8 Å². The number of thiazole rings is 1. The molecule has 6 nitrogen and oxygen atoms in total. The summed E-state index contributed by atoms with van der Waals surface area (Å²) in [5, 5.41) is 7.74. The van der Waals surface area contributed by atoms with Crippen molar-refractivity contribution in [3.05, 3.63) is 46.5 Å². The number of benzene rings is 1. The summed E-state index contributed by atoms with van der Waals surface area (Å²) in [7, 11) is 0. The largest absolute Gasteiger partial charge is 0.416 e. The van der Waals surface area contributed by atoms with Crippen molar-refractivity contribution in [2.24, 2.45) is 16.7 Å². The molecule has 2 amide bonds. The fraction of sp³-hybridized carbons (Fsp3) is 0.593. The van der Waals surface area contributed by atoms with Crippen LogP contribution in [-0.2, 0) is 28.5 Å². The molecule has 220 valence electrons. The van der Waals surface area contributed by atoms with Crippen LogP contribution in [0.5, 0.6) is 0 Å². The van der Waals surface area contributed by atoms with Crippen LogP contribution in [0.2, 0.25) is 0 Å². The predicted molar refractivity (Wildman–Crippen MR) is 138 cm³/mol. The summed E-state index contributed by atoms with van der Waals surface area (Å²) in [5.41, 5.74) is -4.57. The Morgan fingerprint density at radius 3 is 2.12 bits per heavy atom. The van der Waals surface area contributed by atoms with E-state index in [4.69, 9.17) is 0 Å². The third-order valence-electron chi connectivity index (χ3n) is 7.66. The Labute approximate surface area is 232 Å². The van der Waals surface area contributed by atoms with E-state index in [0.29, 0.717) is 62.1 Å². The highest BCUT2D eigenvalue weighted by Crippen LogP contribution is 2.46. The monoisotopic (exact) mass is 590 g/mol. The molecule has 2 N–H and O–H groups in total. The third kappa shape index (κ3) is 7.54. The number of anilines is 1. The molecule has 1 aromatic heterocycles. The number of carbonyl (C=O) groups excluding carboxylic acids is 2. The molecule has 2 aromatic rings. The Morgan fingerprint density at radius 1 is 1.02 bits per heavy atom. The molecule has 2 heterocycles. The molecular weight excluding hydrogens is 558 g/mol. The molecule has 1 aliphatic carbocycles. The minimum absolute atomic E-state index is 0.0777. The minimum Gasteiger partial charge on any atom is -0.352 e. The number of likely N-dealkylation sites (tertiary alicyclic amines) is 1. The lowest BCUT2D eigenvalue weighted by Gasteiger charge is -2.43. The lowest BCUT2D eigenvalue weighted by molar-refractivity contribution is -0.143. The molecule has 0 bridgehead atoms. The molecule has 4 rings (SSSR count). The molecule has 1 aromatic carbocycles.